The number of rotatable bonds is 4. The highest BCUT2D eigenvalue weighted by molar-refractivity contribution is 5.52. The van der Waals surface area contributed by atoms with Crippen molar-refractivity contribution in [3.63, 3.8) is 0 Å². The molecule has 0 bridgehead atoms. The Labute approximate surface area is 92.5 Å². The summed E-state index contributed by atoms with van der Waals surface area (Å²) >= 11 is 0. The Balaban J connectivity index is 2.18. The first kappa shape index (κ1) is 10.8. The lowest BCUT2D eigenvalue weighted by atomic mass is 10.2. The van der Waals surface area contributed by atoms with Gasteiger partial charge in [-0.05, 0) is 25.2 Å². The molecule has 5 heteroatoms. The third-order valence-corrected chi connectivity index (χ3v) is 2.14. The lowest BCUT2D eigenvalue weighted by Crippen LogP contribution is -2.10. The summed E-state index contributed by atoms with van der Waals surface area (Å²) in [6.07, 6.45) is 0.690. The van der Waals surface area contributed by atoms with E-state index in [9.17, 15) is 4.39 Å². The van der Waals surface area contributed by atoms with Gasteiger partial charge in [-0.2, -0.15) is 4.98 Å². The smallest absolute Gasteiger partial charge is 0.258 e. The second-order valence-corrected chi connectivity index (χ2v) is 3.38. The van der Waals surface area contributed by atoms with Crippen LogP contribution in [0.1, 0.15) is 5.82 Å². The van der Waals surface area contributed by atoms with E-state index in [-0.39, 0.29) is 5.82 Å². The molecule has 0 saturated carbocycles. The topological polar surface area (TPSA) is 51.0 Å². The minimum absolute atomic E-state index is 0.313. The van der Waals surface area contributed by atoms with E-state index >= 15 is 0 Å². The van der Waals surface area contributed by atoms with Crippen molar-refractivity contribution in [3.05, 3.63) is 35.9 Å². The summed E-state index contributed by atoms with van der Waals surface area (Å²) in [5.74, 6) is 0.659. The van der Waals surface area contributed by atoms with E-state index in [0.717, 1.165) is 6.54 Å². The lowest BCUT2D eigenvalue weighted by Gasteiger charge is -1.93. The van der Waals surface area contributed by atoms with Crippen LogP contribution in [0, 0.1) is 5.82 Å². The SMILES string of the molecule is CNCCc1noc(-c2cccc(F)c2)n1. The molecule has 0 fully saturated rings. The van der Waals surface area contributed by atoms with Crippen molar-refractivity contribution in [1.82, 2.24) is 15.5 Å². The number of aromatic nitrogens is 2. The molecular formula is C11H12FN3O. The highest BCUT2D eigenvalue weighted by Crippen LogP contribution is 2.17. The van der Waals surface area contributed by atoms with E-state index < -0.39 is 0 Å². The lowest BCUT2D eigenvalue weighted by molar-refractivity contribution is 0.421. The minimum atomic E-state index is -0.313. The van der Waals surface area contributed by atoms with E-state index in [2.05, 4.69) is 15.5 Å². The zero-order chi connectivity index (χ0) is 11.4. The Morgan fingerprint density at radius 3 is 3.06 bits per heavy atom. The van der Waals surface area contributed by atoms with Crippen molar-refractivity contribution in [2.75, 3.05) is 13.6 Å². The fourth-order valence-electron chi connectivity index (χ4n) is 1.33. The zero-order valence-corrected chi connectivity index (χ0v) is 8.90. The maximum Gasteiger partial charge on any atom is 0.258 e. The second-order valence-electron chi connectivity index (χ2n) is 3.38. The van der Waals surface area contributed by atoms with Gasteiger partial charge in [-0.1, -0.05) is 11.2 Å². The highest BCUT2D eigenvalue weighted by atomic mass is 19.1. The van der Waals surface area contributed by atoms with Crippen molar-refractivity contribution in [2.45, 2.75) is 6.42 Å². The predicted octanol–water partition coefficient (Wildman–Crippen LogP) is 1.64. The number of hydrogen-bond donors (Lipinski definition) is 1. The molecule has 1 N–H and O–H groups in total. The van der Waals surface area contributed by atoms with Gasteiger partial charge in [0.2, 0.25) is 0 Å². The third kappa shape index (κ3) is 2.43. The van der Waals surface area contributed by atoms with E-state index in [4.69, 9.17) is 4.52 Å². The normalized spacial score (nSPS) is 10.6. The van der Waals surface area contributed by atoms with E-state index in [1.165, 1.54) is 12.1 Å². The number of likely N-dealkylation sites (N-methyl/N-ethyl adjacent to an activating group) is 1. The quantitative estimate of drug-likeness (QED) is 0.852. The van der Waals surface area contributed by atoms with Crippen molar-refractivity contribution in [3.8, 4) is 11.5 Å². The van der Waals surface area contributed by atoms with Crippen LogP contribution in [0.5, 0.6) is 0 Å². The molecule has 4 nitrogen and oxygen atoms in total. The van der Waals surface area contributed by atoms with Gasteiger partial charge in [0.15, 0.2) is 5.82 Å². The standard InChI is InChI=1S/C11H12FN3O/c1-13-6-5-10-14-11(16-15-10)8-3-2-4-9(12)7-8/h2-4,7,13H,5-6H2,1H3. The summed E-state index contributed by atoms with van der Waals surface area (Å²) in [5.41, 5.74) is 0.600. The summed E-state index contributed by atoms with van der Waals surface area (Å²) in [7, 11) is 1.85. The van der Waals surface area contributed by atoms with Gasteiger partial charge in [-0.3, -0.25) is 0 Å². The number of benzene rings is 1. The van der Waals surface area contributed by atoms with Gasteiger partial charge >= 0.3 is 0 Å². The summed E-state index contributed by atoms with van der Waals surface area (Å²) in [4.78, 5) is 4.17. The molecule has 1 heterocycles. The van der Waals surface area contributed by atoms with Crippen molar-refractivity contribution < 1.29 is 8.91 Å². The molecule has 0 atom stereocenters. The third-order valence-electron chi connectivity index (χ3n) is 2.14. The molecule has 1 aromatic carbocycles. The second kappa shape index (κ2) is 4.85. The molecule has 0 spiro atoms. The number of hydrogen-bond acceptors (Lipinski definition) is 4. The predicted molar refractivity (Wildman–Crippen MR) is 57.3 cm³/mol. The average Bonchev–Trinajstić information content (AvgIpc) is 2.75. The van der Waals surface area contributed by atoms with Gasteiger partial charge < -0.3 is 9.84 Å². The van der Waals surface area contributed by atoms with Crippen LogP contribution in [0.15, 0.2) is 28.8 Å². The Morgan fingerprint density at radius 2 is 2.31 bits per heavy atom. The molecule has 0 unspecified atom stereocenters. The molecule has 1 aromatic heterocycles. The minimum Gasteiger partial charge on any atom is -0.334 e. The van der Waals surface area contributed by atoms with Gasteiger partial charge in [0, 0.05) is 18.5 Å². The summed E-state index contributed by atoms with van der Waals surface area (Å²) in [5, 5.41) is 6.80. The molecule has 84 valence electrons. The van der Waals surface area contributed by atoms with Crippen molar-refractivity contribution in [1.29, 1.82) is 0 Å². The van der Waals surface area contributed by atoms with Crippen molar-refractivity contribution >= 4 is 0 Å². The average molecular weight is 221 g/mol. The van der Waals surface area contributed by atoms with Crippen LogP contribution in [-0.2, 0) is 6.42 Å². The Bertz CT molecular complexity index is 470. The largest absolute Gasteiger partial charge is 0.334 e. The van der Waals surface area contributed by atoms with Gasteiger partial charge in [0.05, 0.1) is 0 Å². The zero-order valence-electron chi connectivity index (χ0n) is 8.90. The highest BCUT2D eigenvalue weighted by Gasteiger charge is 2.08. The fourth-order valence-corrected chi connectivity index (χ4v) is 1.33. The number of halogens is 1. The maximum absolute atomic E-state index is 13.0. The van der Waals surface area contributed by atoms with Crippen LogP contribution in [-0.4, -0.2) is 23.7 Å². The first-order chi connectivity index (χ1) is 7.79. The Hall–Kier alpha value is -1.75. The van der Waals surface area contributed by atoms with Crippen LogP contribution in [0.3, 0.4) is 0 Å². The van der Waals surface area contributed by atoms with E-state index in [1.54, 1.807) is 12.1 Å². The fraction of sp³-hybridized carbons (Fsp3) is 0.273. The molecule has 0 amide bonds. The molecule has 0 saturated heterocycles. The van der Waals surface area contributed by atoms with Gasteiger partial charge in [0.1, 0.15) is 5.82 Å². The monoisotopic (exact) mass is 221 g/mol. The van der Waals surface area contributed by atoms with Gasteiger partial charge in [0.25, 0.3) is 5.89 Å². The first-order valence-electron chi connectivity index (χ1n) is 5.02. The molecule has 0 radical (unpaired) electrons. The summed E-state index contributed by atoms with van der Waals surface area (Å²) in [6, 6.07) is 6.09. The van der Waals surface area contributed by atoms with E-state index in [0.29, 0.717) is 23.7 Å². The first-order valence-corrected chi connectivity index (χ1v) is 5.02. The number of nitrogens with one attached hydrogen (secondary N) is 1. The van der Waals surface area contributed by atoms with Crippen LogP contribution in [0.2, 0.25) is 0 Å². The molecule has 0 aliphatic rings. The molecule has 16 heavy (non-hydrogen) atoms. The Morgan fingerprint density at radius 1 is 1.44 bits per heavy atom. The van der Waals surface area contributed by atoms with Crippen molar-refractivity contribution in [2.24, 2.45) is 0 Å². The van der Waals surface area contributed by atoms with Crippen LogP contribution in [0.25, 0.3) is 11.5 Å². The molecule has 2 rings (SSSR count). The Kier molecular flexibility index (Phi) is 3.26. The van der Waals surface area contributed by atoms with Gasteiger partial charge in [-0.15, -0.1) is 0 Å². The molecule has 0 aliphatic heterocycles. The maximum atomic E-state index is 13.0. The molecule has 2 aromatic rings. The van der Waals surface area contributed by atoms with Crippen LogP contribution < -0.4 is 5.32 Å². The molecule has 0 aliphatic carbocycles. The number of nitrogens with zero attached hydrogens (tertiary/aromatic N) is 2. The van der Waals surface area contributed by atoms with Crippen LogP contribution in [0.4, 0.5) is 4.39 Å². The summed E-state index contributed by atoms with van der Waals surface area (Å²) < 4.78 is 18.0. The van der Waals surface area contributed by atoms with Crippen LogP contribution >= 0.6 is 0 Å². The summed E-state index contributed by atoms with van der Waals surface area (Å²) in [6.45, 7) is 0.780. The van der Waals surface area contributed by atoms with E-state index in [1.807, 2.05) is 7.05 Å². The molecular weight excluding hydrogens is 209 g/mol. The van der Waals surface area contributed by atoms with Gasteiger partial charge in [-0.25, -0.2) is 4.39 Å².